The maximum Gasteiger partial charge on any atom is 0.227 e. The summed E-state index contributed by atoms with van der Waals surface area (Å²) >= 11 is 1.70. The number of thiophene rings is 1. The third kappa shape index (κ3) is 3.56. The minimum atomic E-state index is 0.0733. The first-order valence-electron chi connectivity index (χ1n) is 6.74. The Kier molecular flexibility index (Phi) is 4.78. The second kappa shape index (κ2) is 6.34. The fraction of sp³-hybridized carbons (Fsp3) is 0.643. The van der Waals surface area contributed by atoms with Crippen molar-refractivity contribution in [1.29, 1.82) is 0 Å². The van der Waals surface area contributed by atoms with Crippen molar-refractivity contribution in [3.63, 3.8) is 0 Å². The first-order chi connectivity index (χ1) is 8.72. The summed E-state index contributed by atoms with van der Waals surface area (Å²) in [5.74, 6) is 0.369. The Balaban J connectivity index is 1.94. The van der Waals surface area contributed by atoms with E-state index in [-0.39, 0.29) is 5.92 Å². The van der Waals surface area contributed by atoms with Gasteiger partial charge in [-0.2, -0.15) is 11.3 Å². The van der Waals surface area contributed by atoms with Crippen LogP contribution < -0.4 is 5.32 Å². The van der Waals surface area contributed by atoms with E-state index in [2.05, 4.69) is 34.0 Å². The lowest BCUT2D eigenvalue weighted by Gasteiger charge is -2.25. The molecule has 1 atom stereocenters. The molecular weight excluding hydrogens is 244 g/mol. The zero-order valence-corrected chi connectivity index (χ0v) is 12.0. The van der Waals surface area contributed by atoms with E-state index in [4.69, 9.17) is 0 Å². The van der Waals surface area contributed by atoms with Gasteiger partial charge in [0.2, 0.25) is 5.91 Å². The van der Waals surface area contributed by atoms with Gasteiger partial charge < -0.3 is 10.2 Å². The monoisotopic (exact) mass is 266 g/mol. The van der Waals surface area contributed by atoms with E-state index in [9.17, 15) is 4.79 Å². The number of hydrogen-bond donors (Lipinski definition) is 1. The molecule has 0 spiro atoms. The second-order valence-electron chi connectivity index (χ2n) is 5.04. The molecule has 0 radical (unpaired) electrons. The first-order valence-corrected chi connectivity index (χ1v) is 7.69. The van der Waals surface area contributed by atoms with E-state index in [0.29, 0.717) is 11.9 Å². The number of nitrogens with zero attached hydrogens (tertiary/aromatic N) is 1. The summed E-state index contributed by atoms with van der Waals surface area (Å²) in [5, 5.41) is 7.47. The summed E-state index contributed by atoms with van der Waals surface area (Å²) in [4.78, 5) is 14.5. The van der Waals surface area contributed by atoms with Gasteiger partial charge in [-0.3, -0.25) is 4.79 Å². The molecular formula is C14H22N2OS. The largest absolute Gasteiger partial charge is 0.335 e. The molecule has 1 aliphatic carbocycles. The van der Waals surface area contributed by atoms with Crippen LogP contribution >= 0.6 is 11.3 Å². The van der Waals surface area contributed by atoms with Crippen LogP contribution in [0.15, 0.2) is 16.8 Å². The summed E-state index contributed by atoms with van der Waals surface area (Å²) < 4.78 is 0. The van der Waals surface area contributed by atoms with Gasteiger partial charge in [0.1, 0.15) is 0 Å². The molecule has 18 heavy (non-hydrogen) atoms. The lowest BCUT2D eigenvalue weighted by atomic mass is 10.1. The van der Waals surface area contributed by atoms with Crippen molar-refractivity contribution >= 4 is 17.2 Å². The van der Waals surface area contributed by atoms with Crippen LogP contribution in [0, 0.1) is 5.92 Å². The molecule has 0 aliphatic heterocycles. The standard InChI is InChI=1S/C14H22N2OS/c1-3-15-8-11(2)14(17)16(13-4-5-13)9-12-6-7-18-10-12/h6-7,10-11,13,15H,3-5,8-9H2,1-2H3. The first kappa shape index (κ1) is 13.6. The van der Waals surface area contributed by atoms with Gasteiger partial charge in [0.05, 0.1) is 0 Å². The van der Waals surface area contributed by atoms with E-state index < -0.39 is 0 Å². The van der Waals surface area contributed by atoms with Gasteiger partial charge in [-0.1, -0.05) is 13.8 Å². The highest BCUT2D eigenvalue weighted by molar-refractivity contribution is 7.07. The highest BCUT2D eigenvalue weighted by Crippen LogP contribution is 2.30. The van der Waals surface area contributed by atoms with Crippen molar-refractivity contribution in [2.24, 2.45) is 5.92 Å². The van der Waals surface area contributed by atoms with E-state index in [1.54, 1.807) is 11.3 Å². The topological polar surface area (TPSA) is 32.3 Å². The third-order valence-corrected chi connectivity index (χ3v) is 4.06. The number of hydrogen-bond acceptors (Lipinski definition) is 3. The van der Waals surface area contributed by atoms with Crippen molar-refractivity contribution in [1.82, 2.24) is 10.2 Å². The van der Waals surface area contributed by atoms with Gasteiger partial charge >= 0.3 is 0 Å². The molecule has 1 aromatic rings. The maximum atomic E-state index is 12.4. The molecule has 1 N–H and O–H groups in total. The molecule has 1 aliphatic rings. The molecule has 1 aromatic heterocycles. The Morgan fingerprint density at radius 2 is 2.39 bits per heavy atom. The average molecular weight is 266 g/mol. The predicted octanol–water partition coefficient (Wildman–Crippen LogP) is 2.48. The molecule has 0 saturated heterocycles. The number of amides is 1. The molecule has 2 rings (SSSR count). The van der Waals surface area contributed by atoms with Crippen molar-refractivity contribution in [3.8, 4) is 0 Å². The molecule has 3 nitrogen and oxygen atoms in total. The molecule has 1 saturated carbocycles. The van der Waals surface area contributed by atoms with E-state index in [0.717, 1.165) is 19.6 Å². The molecule has 4 heteroatoms. The van der Waals surface area contributed by atoms with Gasteiger partial charge in [-0.15, -0.1) is 0 Å². The molecule has 1 fully saturated rings. The number of carbonyl (C=O) groups excluding carboxylic acids is 1. The Bertz CT molecular complexity index is 373. The van der Waals surface area contributed by atoms with Crippen LogP contribution in [0.25, 0.3) is 0 Å². The van der Waals surface area contributed by atoms with Crippen LogP contribution in [0.5, 0.6) is 0 Å². The minimum Gasteiger partial charge on any atom is -0.335 e. The highest BCUT2D eigenvalue weighted by atomic mass is 32.1. The zero-order chi connectivity index (χ0) is 13.0. The minimum absolute atomic E-state index is 0.0733. The second-order valence-corrected chi connectivity index (χ2v) is 5.82. The van der Waals surface area contributed by atoms with Crippen LogP contribution in [0.2, 0.25) is 0 Å². The van der Waals surface area contributed by atoms with Gasteiger partial charge in [0, 0.05) is 25.0 Å². The Morgan fingerprint density at radius 3 is 2.94 bits per heavy atom. The van der Waals surface area contributed by atoms with Gasteiger partial charge in [-0.25, -0.2) is 0 Å². The summed E-state index contributed by atoms with van der Waals surface area (Å²) in [6.07, 6.45) is 2.34. The third-order valence-electron chi connectivity index (χ3n) is 3.33. The van der Waals surface area contributed by atoms with Crippen LogP contribution in [0.4, 0.5) is 0 Å². The van der Waals surface area contributed by atoms with Gasteiger partial charge in [0.25, 0.3) is 0 Å². The fourth-order valence-electron chi connectivity index (χ4n) is 2.08. The van der Waals surface area contributed by atoms with Crippen LogP contribution in [0.1, 0.15) is 32.3 Å². The summed E-state index contributed by atoms with van der Waals surface area (Å²) in [6, 6.07) is 2.60. The van der Waals surface area contributed by atoms with E-state index in [1.807, 2.05) is 6.92 Å². The Morgan fingerprint density at radius 1 is 1.61 bits per heavy atom. The smallest absolute Gasteiger partial charge is 0.227 e. The predicted molar refractivity (Wildman–Crippen MR) is 75.6 cm³/mol. The van der Waals surface area contributed by atoms with Crippen LogP contribution in [-0.4, -0.2) is 29.9 Å². The lowest BCUT2D eigenvalue weighted by Crippen LogP contribution is -2.40. The molecule has 0 bridgehead atoms. The maximum absolute atomic E-state index is 12.4. The van der Waals surface area contributed by atoms with E-state index >= 15 is 0 Å². The fourth-order valence-corrected chi connectivity index (χ4v) is 2.74. The number of nitrogens with one attached hydrogen (secondary N) is 1. The van der Waals surface area contributed by atoms with Gasteiger partial charge in [-0.05, 0) is 41.8 Å². The van der Waals surface area contributed by atoms with Crippen molar-refractivity contribution in [2.75, 3.05) is 13.1 Å². The lowest BCUT2D eigenvalue weighted by molar-refractivity contribution is -0.136. The molecule has 1 amide bonds. The molecule has 0 aromatic carbocycles. The Labute approximate surface area is 113 Å². The number of carbonyl (C=O) groups is 1. The van der Waals surface area contributed by atoms with Crippen molar-refractivity contribution in [3.05, 3.63) is 22.4 Å². The Hall–Kier alpha value is -0.870. The highest BCUT2D eigenvalue weighted by Gasteiger charge is 2.34. The number of rotatable bonds is 7. The average Bonchev–Trinajstić information content (AvgIpc) is 3.09. The van der Waals surface area contributed by atoms with Crippen LogP contribution in [-0.2, 0) is 11.3 Å². The van der Waals surface area contributed by atoms with E-state index in [1.165, 1.54) is 18.4 Å². The summed E-state index contributed by atoms with van der Waals surface area (Å²) in [7, 11) is 0. The van der Waals surface area contributed by atoms with Crippen LogP contribution in [0.3, 0.4) is 0 Å². The summed E-state index contributed by atoms with van der Waals surface area (Å²) in [5.41, 5.74) is 1.26. The SMILES string of the molecule is CCNCC(C)C(=O)N(Cc1ccsc1)C1CC1. The zero-order valence-electron chi connectivity index (χ0n) is 11.2. The molecule has 100 valence electrons. The normalized spacial score (nSPS) is 16.6. The van der Waals surface area contributed by atoms with Crippen molar-refractivity contribution in [2.45, 2.75) is 39.3 Å². The summed E-state index contributed by atoms with van der Waals surface area (Å²) in [6.45, 7) is 6.58. The quantitative estimate of drug-likeness (QED) is 0.822. The molecule has 1 unspecified atom stereocenters. The van der Waals surface area contributed by atoms with Gasteiger partial charge in [0.15, 0.2) is 0 Å². The van der Waals surface area contributed by atoms with Crippen molar-refractivity contribution < 1.29 is 4.79 Å². The molecule has 1 heterocycles.